The van der Waals surface area contributed by atoms with E-state index >= 15 is 0 Å². The van der Waals surface area contributed by atoms with Gasteiger partial charge < -0.3 is 0 Å². The number of rotatable bonds is 4. The zero-order chi connectivity index (χ0) is 11.5. The molecule has 1 aromatic carbocycles. The van der Waals surface area contributed by atoms with Gasteiger partial charge in [-0.05, 0) is 24.1 Å². The van der Waals surface area contributed by atoms with Gasteiger partial charge >= 0.3 is 0 Å². The van der Waals surface area contributed by atoms with Gasteiger partial charge in [0.25, 0.3) is 0 Å². The molecule has 4 heteroatoms. The van der Waals surface area contributed by atoms with Crippen LogP contribution in [0.1, 0.15) is 25.8 Å². The van der Waals surface area contributed by atoms with Crippen LogP contribution in [0, 0.1) is 0 Å². The van der Waals surface area contributed by atoms with E-state index in [-0.39, 0.29) is 5.75 Å². The van der Waals surface area contributed by atoms with E-state index in [2.05, 4.69) is 6.92 Å². The molecule has 0 aliphatic rings. The molecule has 0 unspecified atom stereocenters. The van der Waals surface area contributed by atoms with Gasteiger partial charge in [-0.25, -0.2) is 8.42 Å². The minimum absolute atomic E-state index is 0.108. The molecule has 0 fully saturated rings. The van der Waals surface area contributed by atoms with E-state index in [9.17, 15) is 8.42 Å². The molecule has 15 heavy (non-hydrogen) atoms. The largest absolute Gasteiger partial charge is 0.224 e. The Hall–Kier alpha value is -0.540. The first kappa shape index (κ1) is 12.5. The minimum atomic E-state index is -3.14. The molecule has 0 amide bonds. The van der Waals surface area contributed by atoms with Crippen LogP contribution in [0.5, 0.6) is 0 Å². The molecule has 0 saturated carbocycles. The molecule has 0 aliphatic carbocycles. The monoisotopic (exact) mass is 246 g/mol. The highest BCUT2D eigenvalue weighted by Gasteiger charge is 2.12. The summed E-state index contributed by atoms with van der Waals surface area (Å²) >= 11 is 6.01. The van der Waals surface area contributed by atoms with Crippen molar-refractivity contribution in [2.24, 2.45) is 0 Å². The van der Waals surface area contributed by atoms with Gasteiger partial charge in [0.15, 0.2) is 9.84 Å². The van der Waals surface area contributed by atoms with Crippen molar-refractivity contribution in [3.05, 3.63) is 28.8 Å². The normalized spacial score (nSPS) is 11.7. The van der Waals surface area contributed by atoms with Crippen LogP contribution in [0.3, 0.4) is 0 Å². The summed E-state index contributed by atoms with van der Waals surface area (Å²) < 4.78 is 23.1. The van der Waals surface area contributed by atoms with Crippen LogP contribution < -0.4 is 0 Å². The number of sulfone groups is 1. The lowest BCUT2D eigenvalue weighted by Gasteiger charge is -2.06. The summed E-state index contributed by atoms with van der Waals surface area (Å²) in [6.45, 7) is 3.69. The Bertz CT molecular complexity index is 438. The summed E-state index contributed by atoms with van der Waals surface area (Å²) in [5.41, 5.74) is 1.01. The molecule has 0 heterocycles. The zero-order valence-corrected chi connectivity index (χ0v) is 10.5. The van der Waals surface area contributed by atoms with Gasteiger partial charge in [0.1, 0.15) is 0 Å². The van der Waals surface area contributed by atoms with Crippen molar-refractivity contribution in [1.29, 1.82) is 0 Å². The van der Waals surface area contributed by atoms with Crippen molar-refractivity contribution in [2.45, 2.75) is 31.6 Å². The lowest BCUT2D eigenvalue weighted by atomic mass is 10.1. The van der Waals surface area contributed by atoms with E-state index in [0.717, 1.165) is 18.4 Å². The number of hydrogen-bond acceptors (Lipinski definition) is 2. The van der Waals surface area contributed by atoms with Gasteiger partial charge in [-0.2, -0.15) is 0 Å². The summed E-state index contributed by atoms with van der Waals surface area (Å²) in [6.07, 6.45) is 1.88. The Morgan fingerprint density at radius 3 is 2.40 bits per heavy atom. The second kappa shape index (κ2) is 4.99. The second-order valence-electron chi connectivity index (χ2n) is 3.41. The highest BCUT2D eigenvalue weighted by molar-refractivity contribution is 7.91. The van der Waals surface area contributed by atoms with E-state index in [0.29, 0.717) is 9.92 Å². The van der Waals surface area contributed by atoms with Gasteiger partial charge in [0.05, 0.1) is 10.6 Å². The van der Waals surface area contributed by atoms with Crippen LogP contribution in [0.4, 0.5) is 0 Å². The SMILES string of the molecule is CCCc1ccc(S(=O)(=O)CC)cc1Cl. The molecule has 0 radical (unpaired) electrons. The summed E-state index contributed by atoms with van der Waals surface area (Å²) in [5.74, 6) is 0.108. The molecule has 1 aromatic rings. The molecule has 0 bridgehead atoms. The average molecular weight is 247 g/mol. The third-order valence-corrected chi connectivity index (χ3v) is 4.37. The van der Waals surface area contributed by atoms with Crippen LogP contribution >= 0.6 is 11.6 Å². The number of benzene rings is 1. The Morgan fingerprint density at radius 1 is 1.27 bits per heavy atom. The smallest absolute Gasteiger partial charge is 0.178 e. The van der Waals surface area contributed by atoms with Gasteiger partial charge in [-0.15, -0.1) is 0 Å². The van der Waals surface area contributed by atoms with E-state index in [4.69, 9.17) is 11.6 Å². The molecule has 0 aromatic heterocycles. The van der Waals surface area contributed by atoms with Gasteiger partial charge in [0.2, 0.25) is 0 Å². The molecule has 0 atom stereocenters. The summed E-state index contributed by atoms with van der Waals surface area (Å²) in [6, 6.07) is 4.98. The van der Waals surface area contributed by atoms with E-state index in [1.165, 1.54) is 0 Å². The average Bonchev–Trinajstić information content (AvgIpc) is 2.21. The molecule has 1 rings (SSSR count). The van der Waals surface area contributed by atoms with Crippen molar-refractivity contribution in [3.63, 3.8) is 0 Å². The highest BCUT2D eigenvalue weighted by Crippen LogP contribution is 2.22. The van der Waals surface area contributed by atoms with Crippen LogP contribution in [0.2, 0.25) is 5.02 Å². The fourth-order valence-electron chi connectivity index (χ4n) is 1.36. The minimum Gasteiger partial charge on any atom is -0.224 e. The summed E-state index contributed by atoms with van der Waals surface area (Å²) in [4.78, 5) is 0.315. The second-order valence-corrected chi connectivity index (χ2v) is 6.09. The lowest BCUT2D eigenvalue weighted by Crippen LogP contribution is -2.03. The predicted molar refractivity (Wildman–Crippen MR) is 63.2 cm³/mol. The molecule has 0 spiro atoms. The van der Waals surface area contributed by atoms with Gasteiger partial charge in [-0.3, -0.25) is 0 Å². The van der Waals surface area contributed by atoms with E-state index in [1.54, 1.807) is 25.1 Å². The third-order valence-electron chi connectivity index (χ3n) is 2.28. The maximum Gasteiger partial charge on any atom is 0.178 e. The third kappa shape index (κ3) is 2.95. The fourth-order valence-corrected chi connectivity index (χ4v) is 2.61. The summed E-state index contributed by atoms with van der Waals surface area (Å²) in [7, 11) is -3.14. The topological polar surface area (TPSA) is 34.1 Å². The molecular formula is C11H15ClO2S. The standard InChI is InChI=1S/C11H15ClO2S/c1-3-5-9-6-7-10(8-11(9)12)15(13,14)4-2/h6-8H,3-5H2,1-2H3. The Labute approximate surface area is 96.2 Å². The number of hydrogen-bond donors (Lipinski definition) is 0. The molecule has 2 nitrogen and oxygen atoms in total. The van der Waals surface area contributed by atoms with Crippen LogP contribution in [0.15, 0.2) is 23.1 Å². The quantitative estimate of drug-likeness (QED) is 0.818. The lowest BCUT2D eigenvalue weighted by molar-refractivity contribution is 0.597. The van der Waals surface area contributed by atoms with Crippen molar-refractivity contribution in [3.8, 4) is 0 Å². The van der Waals surface area contributed by atoms with Crippen molar-refractivity contribution >= 4 is 21.4 Å². The maximum atomic E-state index is 11.6. The van der Waals surface area contributed by atoms with Crippen LogP contribution in [-0.4, -0.2) is 14.2 Å². The molecule has 0 N–H and O–H groups in total. The maximum absolute atomic E-state index is 11.6. The molecule has 0 aliphatic heterocycles. The van der Waals surface area contributed by atoms with Crippen LogP contribution in [-0.2, 0) is 16.3 Å². The molecular weight excluding hydrogens is 232 g/mol. The fraction of sp³-hybridized carbons (Fsp3) is 0.455. The summed E-state index contributed by atoms with van der Waals surface area (Å²) in [5, 5.41) is 0.548. The number of aryl methyl sites for hydroxylation is 1. The number of halogens is 1. The van der Waals surface area contributed by atoms with Gasteiger partial charge in [0, 0.05) is 5.02 Å². The Kier molecular flexibility index (Phi) is 4.17. The van der Waals surface area contributed by atoms with Gasteiger partial charge in [-0.1, -0.05) is 37.9 Å². The highest BCUT2D eigenvalue weighted by atomic mass is 35.5. The first-order chi connectivity index (χ1) is 7.01. The first-order valence-corrected chi connectivity index (χ1v) is 7.05. The van der Waals surface area contributed by atoms with Crippen LogP contribution in [0.25, 0.3) is 0 Å². The van der Waals surface area contributed by atoms with Crippen molar-refractivity contribution in [2.75, 3.05) is 5.75 Å². The Morgan fingerprint density at radius 2 is 1.93 bits per heavy atom. The van der Waals surface area contributed by atoms with E-state index < -0.39 is 9.84 Å². The van der Waals surface area contributed by atoms with E-state index in [1.807, 2.05) is 0 Å². The molecule has 84 valence electrons. The van der Waals surface area contributed by atoms with Crippen molar-refractivity contribution < 1.29 is 8.42 Å². The Balaban J connectivity index is 3.12. The first-order valence-electron chi connectivity index (χ1n) is 5.02. The predicted octanol–water partition coefficient (Wildman–Crippen LogP) is 3.09. The van der Waals surface area contributed by atoms with Crippen molar-refractivity contribution in [1.82, 2.24) is 0 Å². The molecule has 0 saturated heterocycles. The zero-order valence-electron chi connectivity index (χ0n) is 8.96.